The maximum absolute atomic E-state index is 10.7. The summed E-state index contributed by atoms with van der Waals surface area (Å²) in [6.45, 7) is 1.99. The number of hydrogen-bond acceptors (Lipinski definition) is 3. The molecule has 4 N–H and O–H groups in total. The molecule has 1 fully saturated rings. The van der Waals surface area contributed by atoms with Crippen LogP contribution >= 0.6 is 0 Å². The molecule has 1 aromatic heterocycles. The molecule has 0 amide bonds. The van der Waals surface area contributed by atoms with Crippen molar-refractivity contribution in [1.29, 1.82) is 0 Å². The first-order valence-electron chi connectivity index (χ1n) is 6.61. The lowest BCUT2D eigenvalue weighted by molar-refractivity contribution is -0.137. The van der Waals surface area contributed by atoms with E-state index in [0.29, 0.717) is 11.7 Å². The number of imidazole rings is 1. The number of rotatable bonds is 4. The van der Waals surface area contributed by atoms with E-state index >= 15 is 0 Å². The fraction of sp³-hybridized carbons (Fsp3) is 0.692. The van der Waals surface area contributed by atoms with Crippen LogP contribution in [0.4, 0.5) is 0 Å². The van der Waals surface area contributed by atoms with E-state index in [1.807, 2.05) is 6.92 Å². The van der Waals surface area contributed by atoms with Gasteiger partial charge in [0.1, 0.15) is 5.82 Å². The Morgan fingerprint density at radius 3 is 2.78 bits per heavy atom. The van der Waals surface area contributed by atoms with Gasteiger partial charge in [0.25, 0.3) is 0 Å². The smallest absolute Gasteiger partial charge is 0.305 e. The number of aromatic amines is 1. The molecule has 1 aromatic rings. The molecule has 1 aliphatic carbocycles. The molecule has 5 heteroatoms. The van der Waals surface area contributed by atoms with Gasteiger partial charge in [0, 0.05) is 11.6 Å². The van der Waals surface area contributed by atoms with E-state index in [2.05, 4.69) is 9.97 Å². The molecule has 0 spiro atoms. The Kier molecular flexibility index (Phi) is 4.01. The van der Waals surface area contributed by atoms with Gasteiger partial charge in [-0.2, -0.15) is 0 Å². The Morgan fingerprint density at radius 2 is 2.17 bits per heavy atom. The summed E-state index contributed by atoms with van der Waals surface area (Å²) in [6, 6.07) is -0.543. The maximum Gasteiger partial charge on any atom is 0.305 e. The zero-order chi connectivity index (χ0) is 13.1. The van der Waals surface area contributed by atoms with E-state index in [9.17, 15) is 4.79 Å². The largest absolute Gasteiger partial charge is 0.481 e. The van der Waals surface area contributed by atoms with E-state index in [-0.39, 0.29) is 6.42 Å². The van der Waals surface area contributed by atoms with Gasteiger partial charge in [-0.05, 0) is 19.8 Å². The summed E-state index contributed by atoms with van der Waals surface area (Å²) in [5.74, 6) is 0.229. The van der Waals surface area contributed by atoms with Crippen LogP contribution in [0.5, 0.6) is 0 Å². The normalized spacial score (nSPS) is 18.8. The molecule has 0 aromatic carbocycles. The summed E-state index contributed by atoms with van der Waals surface area (Å²) in [7, 11) is 0. The summed E-state index contributed by atoms with van der Waals surface area (Å²) in [5, 5.41) is 8.75. The van der Waals surface area contributed by atoms with Crippen molar-refractivity contribution in [3.8, 4) is 0 Å². The fourth-order valence-electron chi connectivity index (χ4n) is 2.73. The van der Waals surface area contributed by atoms with E-state index in [0.717, 1.165) is 11.4 Å². The van der Waals surface area contributed by atoms with Gasteiger partial charge in [-0.25, -0.2) is 4.98 Å². The zero-order valence-electron chi connectivity index (χ0n) is 10.8. The van der Waals surface area contributed by atoms with E-state index in [1.54, 1.807) is 0 Å². The number of aliphatic carboxylic acids is 1. The molecule has 18 heavy (non-hydrogen) atoms. The predicted molar refractivity (Wildman–Crippen MR) is 68.3 cm³/mol. The van der Waals surface area contributed by atoms with Gasteiger partial charge in [-0.15, -0.1) is 0 Å². The lowest BCUT2D eigenvalue weighted by Crippen LogP contribution is -2.16. The van der Waals surface area contributed by atoms with Crippen LogP contribution in [-0.4, -0.2) is 21.0 Å². The van der Waals surface area contributed by atoms with Crippen LogP contribution in [0.15, 0.2) is 0 Å². The van der Waals surface area contributed by atoms with Crippen molar-refractivity contribution >= 4 is 5.97 Å². The first-order valence-corrected chi connectivity index (χ1v) is 6.61. The molecule has 1 heterocycles. The predicted octanol–water partition coefficient (Wildman–Crippen LogP) is 2.24. The molecule has 1 unspecified atom stereocenters. The number of H-pyrrole nitrogens is 1. The third-order valence-corrected chi connectivity index (χ3v) is 3.68. The minimum Gasteiger partial charge on any atom is -0.481 e. The second-order valence-corrected chi connectivity index (χ2v) is 5.17. The topological polar surface area (TPSA) is 92.0 Å². The number of hydrogen-bond donors (Lipinski definition) is 3. The van der Waals surface area contributed by atoms with Crippen LogP contribution in [0, 0.1) is 6.92 Å². The van der Waals surface area contributed by atoms with Crippen LogP contribution < -0.4 is 5.73 Å². The van der Waals surface area contributed by atoms with Crippen molar-refractivity contribution < 1.29 is 9.90 Å². The molecule has 0 saturated heterocycles. The summed E-state index contributed by atoms with van der Waals surface area (Å²) in [4.78, 5) is 18.3. The van der Waals surface area contributed by atoms with Crippen molar-refractivity contribution in [3.63, 3.8) is 0 Å². The Hall–Kier alpha value is -1.36. The molecule has 1 atom stereocenters. The van der Waals surface area contributed by atoms with Crippen LogP contribution in [-0.2, 0) is 4.79 Å². The lowest BCUT2D eigenvalue weighted by Gasteiger charge is -2.20. The molecule has 0 bridgehead atoms. The van der Waals surface area contributed by atoms with Gasteiger partial charge >= 0.3 is 5.97 Å². The number of carboxylic acid groups (broad SMARTS) is 1. The summed E-state index contributed by atoms with van der Waals surface area (Å²) in [5.41, 5.74) is 7.96. The second kappa shape index (κ2) is 5.52. The van der Waals surface area contributed by atoms with Crippen molar-refractivity contribution in [3.05, 3.63) is 17.2 Å². The maximum atomic E-state index is 10.7. The third kappa shape index (κ3) is 2.90. The Balaban J connectivity index is 2.12. The van der Waals surface area contributed by atoms with E-state index in [1.165, 1.54) is 32.1 Å². The number of aryl methyl sites for hydroxylation is 1. The number of carboxylic acids is 1. The first-order chi connectivity index (χ1) is 8.58. The highest BCUT2D eigenvalue weighted by molar-refractivity contribution is 5.67. The number of aromatic nitrogens is 2. The molecule has 100 valence electrons. The minimum atomic E-state index is -0.893. The van der Waals surface area contributed by atoms with Gasteiger partial charge in [0.2, 0.25) is 0 Å². The average molecular weight is 251 g/mol. The Bertz CT molecular complexity index is 422. The molecule has 1 aliphatic rings. The Labute approximate surface area is 107 Å². The molecule has 2 rings (SSSR count). The number of carbonyl (C=O) groups is 1. The standard InChI is InChI=1S/C13H21N3O2/c1-8-12(9-5-3-2-4-6-9)16-13(15-8)10(14)7-11(17)18/h9-10H,2-7,14H2,1H3,(H,15,16)(H,17,18). The fourth-order valence-corrected chi connectivity index (χ4v) is 2.73. The summed E-state index contributed by atoms with van der Waals surface area (Å²) >= 11 is 0. The first kappa shape index (κ1) is 13.1. The van der Waals surface area contributed by atoms with Gasteiger partial charge < -0.3 is 15.8 Å². The third-order valence-electron chi connectivity index (χ3n) is 3.68. The van der Waals surface area contributed by atoms with Gasteiger partial charge in [0.15, 0.2) is 0 Å². The van der Waals surface area contributed by atoms with Gasteiger partial charge in [0.05, 0.1) is 18.2 Å². The summed E-state index contributed by atoms with van der Waals surface area (Å²) < 4.78 is 0. The molecule has 0 radical (unpaired) electrons. The summed E-state index contributed by atoms with van der Waals surface area (Å²) in [6.07, 6.45) is 6.10. The number of nitrogens with two attached hydrogens (primary N) is 1. The van der Waals surface area contributed by atoms with Crippen LogP contribution in [0.2, 0.25) is 0 Å². The highest BCUT2D eigenvalue weighted by Crippen LogP contribution is 2.33. The van der Waals surface area contributed by atoms with Gasteiger partial charge in [-0.3, -0.25) is 4.79 Å². The number of nitrogens with zero attached hydrogens (tertiary/aromatic N) is 1. The monoisotopic (exact) mass is 251 g/mol. The van der Waals surface area contributed by atoms with Crippen LogP contribution in [0.3, 0.4) is 0 Å². The lowest BCUT2D eigenvalue weighted by atomic mass is 9.86. The van der Waals surface area contributed by atoms with Crippen LogP contribution in [0.25, 0.3) is 0 Å². The quantitative estimate of drug-likeness (QED) is 0.765. The molecule has 0 aliphatic heterocycles. The van der Waals surface area contributed by atoms with E-state index < -0.39 is 12.0 Å². The SMILES string of the molecule is Cc1[nH]c(C(N)CC(=O)O)nc1C1CCCCC1. The Morgan fingerprint density at radius 1 is 1.50 bits per heavy atom. The van der Waals surface area contributed by atoms with Crippen molar-refractivity contribution in [2.45, 2.75) is 57.4 Å². The van der Waals surface area contributed by atoms with Crippen molar-refractivity contribution in [2.75, 3.05) is 0 Å². The minimum absolute atomic E-state index is 0.0863. The highest BCUT2D eigenvalue weighted by Gasteiger charge is 2.23. The molecule has 1 saturated carbocycles. The molecule has 5 nitrogen and oxygen atoms in total. The van der Waals surface area contributed by atoms with Crippen molar-refractivity contribution in [1.82, 2.24) is 9.97 Å². The average Bonchev–Trinajstić information content (AvgIpc) is 2.72. The van der Waals surface area contributed by atoms with Gasteiger partial charge in [-0.1, -0.05) is 19.3 Å². The molecular weight excluding hydrogens is 230 g/mol. The van der Waals surface area contributed by atoms with E-state index in [4.69, 9.17) is 10.8 Å². The molecular formula is C13H21N3O2. The van der Waals surface area contributed by atoms with Crippen molar-refractivity contribution in [2.24, 2.45) is 5.73 Å². The second-order valence-electron chi connectivity index (χ2n) is 5.17. The van der Waals surface area contributed by atoms with Crippen LogP contribution in [0.1, 0.15) is 67.7 Å². The number of nitrogens with one attached hydrogen (secondary N) is 1. The zero-order valence-corrected chi connectivity index (χ0v) is 10.8. The highest BCUT2D eigenvalue weighted by atomic mass is 16.4.